The molecule has 0 aliphatic heterocycles. The number of unbranched alkanes of at least 4 members (excludes halogenated alkanes) is 34. The van der Waals surface area contributed by atoms with Gasteiger partial charge in [0.05, 0.1) is 39.9 Å². The van der Waals surface area contributed by atoms with Crippen molar-refractivity contribution in [3.63, 3.8) is 0 Å². The minimum atomic E-state index is -4.34. The van der Waals surface area contributed by atoms with Gasteiger partial charge in [0.25, 0.3) is 0 Å². The number of phosphoric acid groups is 1. The van der Waals surface area contributed by atoms with Crippen LogP contribution < -0.4 is 5.32 Å². The molecular weight excluding hydrogens is 864 g/mol. The summed E-state index contributed by atoms with van der Waals surface area (Å²) in [6.07, 6.45) is 67.2. The summed E-state index contributed by atoms with van der Waals surface area (Å²) in [7, 11) is 1.56. The van der Waals surface area contributed by atoms with Crippen molar-refractivity contribution in [3.8, 4) is 0 Å². The first kappa shape index (κ1) is 66.5. The van der Waals surface area contributed by atoms with Gasteiger partial charge in [0, 0.05) is 6.42 Å². The van der Waals surface area contributed by atoms with E-state index >= 15 is 0 Å². The molecule has 68 heavy (non-hydrogen) atoms. The van der Waals surface area contributed by atoms with E-state index in [1.165, 1.54) is 199 Å². The van der Waals surface area contributed by atoms with Crippen LogP contribution in [0.5, 0.6) is 0 Å². The van der Waals surface area contributed by atoms with E-state index in [0.717, 1.165) is 51.4 Å². The average Bonchev–Trinajstić information content (AvgIpc) is 3.30. The van der Waals surface area contributed by atoms with E-state index in [4.69, 9.17) is 9.05 Å². The molecule has 0 spiro atoms. The van der Waals surface area contributed by atoms with E-state index in [1.54, 1.807) is 6.08 Å². The van der Waals surface area contributed by atoms with Gasteiger partial charge in [-0.15, -0.1) is 0 Å². The summed E-state index contributed by atoms with van der Waals surface area (Å²) in [5.41, 5.74) is 0. The highest BCUT2D eigenvalue weighted by molar-refractivity contribution is 7.47. The van der Waals surface area contributed by atoms with Crippen LogP contribution in [0.4, 0.5) is 0 Å². The lowest BCUT2D eigenvalue weighted by atomic mass is 10.0. The number of allylic oxidation sites excluding steroid dienone is 7. The van der Waals surface area contributed by atoms with Crippen molar-refractivity contribution in [2.45, 2.75) is 283 Å². The summed E-state index contributed by atoms with van der Waals surface area (Å²) < 4.78 is 23.5. The molecule has 0 heterocycles. The molecule has 9 heteroatoms. The van der Waals surface area contributed by atoms with Gasteiger partial charge in [0.1, 0.15) is 13.2 Å². The summed E-state index contributed by atoms with van der Waals surface area (Å²) in [5.74, 6) is -0.188. The Morgan fingerprint density at radius 1 is 0.500 bits per heavy atom. The maximum absolute atomic E-state index is 12.9. The Morgan fingerprint density at radius 3 is 1.31 bits per heavy atom. The fourth-order valence-corrected chi connectivity index (χ4v) is 9.19. The second-order valence-corrected chi connectivity index (χ2v) is 22.5. The molecule has 400 valence electrons. The lowest BCUT2D eigenvalue weighted by Crippen LogP contribution is -2.45. The zero-order chi connectivity index (χ0) is 49.9. The van der Waals surface area contributed by atoms with Gasteiger partial charge in [-0.1, -0.05) is 255 Å². The van der Waals surface area contributed by atoms with Crippen LogP contribution in [0.1, 0.15) is 271 Å². The third-order valence-corrected chi connectivity index (χ3v) is 14.0. The van der Waals surface area contributed by atoms with Gasteiger partial charge in [-0.3, -0.25) is 13.8 Å². The van der Waals surface area contributed by atoms with Gasteiger partial charge in [-0.05, 0) is 57.8 Å². The van der Waals surface area contributed by atoms with Crippen LogP contribution in [0.25, 0.3) is 0 Å². The summed E-state index contributed by atoms with van der Waals surface area (Å²) in [6.45, 7) is 4.68. The van der Waals surface area contributed by atoms with Gasteiger partial charge < -0.3 is 19.8 Å². The molecule has 0 aromatic carbocycles. The average molecular weight is 979 g/mol. The van der Waals surface area contributed by atoms with Gasteiger partial charge >= 0.3 is 7.82 Å². The molecule has 3 atom stereocenters. The van der Waals surface area contributed by atoms with E-state index in [9.17, 15) is 19.4 Å². The van der Waals surface area contributed by atoms with Gasteiger partial charge in [-0.25, -0.2) is 4.57 Å². The number of quaternary nitrogens is 1. The quantitative estimate of drug-likeness (QED) is 0.0243. The molecule has 1 amide bonds. The number of phosphoric ester groups is 1. The lowest BCUT2D eigenvalue weighted by Gasteiger charge is -2.25. The smallest absolute Gasteiger partial charge is 0.387 e. The number of amides is 1. The Balaban J connectivity index is 3.73. The Bertz CT molecular complexity index is 1250. The summed E-state index contributed by atoms with van der Waals surface area (Å²) in [6, 6.07) is -0.859. The lowest BCUT2D eigenvalue weighted by molar-refractivity contribution is -0.870. The summed E-state index contributed by atoms with van der Waals surface area (Å²) >= 11 is 0. The fraction of sp³-hybridized carbons (Fsp3) is 0.847. The van der Waals surface area contributed by atoms with Crippen molar-refractivity contribution >= 4 is 13.7 Å². The highest BCUT2D eigenvalue weighted by Gasteiger charge is 2.27. The predicted molar refractivity (Wildman–Crippen MR) is 295 cm³/mol. The number of likely N-dealkylation sites (N-methyl/N-ethyl adjacent to an activating group) is 1. The Morgan fingerprint density at radius 2 is 0.882 bits per heavy atom. The topological polar surface area (TPSA) is 105 Å². The van der Waals surface area contributed by atoms with Crippen LogP contribution in [0, 0.1) is 0 Å². The van der Waals surface area contributed by atoms with Crippen LogP contribution in [-0.2, 0) is 18.4 Å². The number of rotatable bonds is 53. The number of carbonyl (C=O) groups excluding carboxylic acids is 1. The second-order valence-electron chi connectivity index (χ2n) is 21.0. The minimum Gasteiger partial charge on any atom is -0.387 e. The SMILES string of the molecule is CCC/C=C/CC/C=C/C(O)C(COP(=O)(O)OCC[N+](C)(C)C)NC(=O)CCCCCCCCCCCCCCCCCCCCCCCCCCCCC/C=C\C/C=C\CCCCCCC. The van der Waals surface area contributed by atoms with Gasteiger partial charge in [0.2, 0.25) is 5.91 Å². The third kappa shape index (κ3) is 52.3. The zero-order valence-electron chi connectivity index (χ0n) is 45.6. The van der Waals surface area contributed by atoms with Crippen molar-refractivity contribution < 1.29 is 32.9 Å². The summed E-state index contributed by atoms with van der Waals surface area (Å²) in [4.78, 5) is 23.1. The summed E-state index contributed by atoms with van der Waals surface area (Å²) in [5, 5.41) is 13.7. The van der Waals surface area contributed by atoms with Crippen LogP contribution in [0.3, 0.4) is 0 Å². The van der Waals surface area contributed by atoms with E-state index in [0.29, 0.717) is 17.4 Å². The molecule has 0 aromatic rings. The van der Waals surface area contributed by atoms with Crippen LogP contribution in [0.2, 0.25) is 0 Å². The second kappa shape index (κ2) is 50.4. The first-order valence-electron chi connectivity index (χ1n) is 29.0. The maximum atomic E-state index is 12.9. The van der Waals surface area contributed by atoms with Crippen molar-refractivity contribution in [3.05, 3.63) is 48.6 Å². The molecule has 0 fully saturated rings. The first-order chi connectivity index (χ1) is 33.0. The molecule has 0 aliphatic rings. The fourth-order valence-electron chi connectivity index (χ4n) is 8.45. The molecule has 3 N–H and O–H groups in total. The molecule has 3 unspecified atom stereocenters. The van der Waals surface area contributed by atoms with E-state index in [2.05, 4.69) is 55.6 Å². The highest BCUT2D eigenvalue weighted by Crippen LogP contribution is 2.43. The predicted octanol–water partition coefficient (Wildman–Crippen LogP) is 17.5. The number of nitrogens with one attached hydrogen (secondary N) is 1. The first-order valence-corrected chi connectivity index (χ1v) is 30.5. The molecular formula is C59H114N2O6P+. The molecule has 0 bridgehead atoms. The van der Waals surface area contributed by atoms with E-state index in [-0.39, 0.29) is 19.1 Å². The van der Waals surface area contributed by atoms with Gasteiger partial charge in [-0.2, -0.15) is 0 Å². The van der Waals surface area contributed by atoms with Crippen molar-refractivity contribution in [1.82, 2.24) is 5.32 Å². The normalized spacial score (nSPS) is 14.3. The molecule has 0 radical (unpaired) electrons. The largest absolute Gasteiger partial charge is 0.472 e. The van der Waals surface area contributed by atoms with Crippen LogP contribution in [0.15, 0.2) is 48.6 Å². The zero-order valence-corrected chi connectivity index (χ0v) is 46.5. The molecule has 0 aromatic heterocycles. The van der Waals surface area contributed by atoms with Crippen molar-refractivity contribution in [2.24, 2.45) is 0 Å². The van der Waals surface area contributed by atoms with Crippen LogP contribution >= 0.6 is 7.82 Å². The minimum absolute atomic E-state index is 0.0564. The maximum Gasteiger partial charge on any atom is 0.472 e. The molecule has 0 saturated heterocycles. The Labute approximate surface area is 422 Å². The number of aliphatic hydroxyl groups is 1. The highest BCUT2D eigenvalue weighted by atomic mass is 31.2. The number of hydrogen-bond acceptors (Lipinski definition) is 5. The Hall–Kier alpha value is -1.54. The number of nitrogens with zero attached hydrogens (tertiary/aromatic N) is 1. The third-order valence-electron chi connectivity index (χ3n) is 13.0. The number of hydrogen-bond donors (Lipinski definition) is 3. The van der Waals surface area contributed by atoms with Crippen LogP contribution in [-0.4, -0.2) is 73.4 Å². The Kier molecular flexibility index (Phi) is 49.3. The molecule has 0 saturated carbocycles. The standard InChI is InChI=1S/C59H113N2O6P/c1-6-8-10-12-14-15-16-17-18-19-20-21-22-23-24-25-26-27-28-29-30-31-32-33-34-35-36-37-38-39-40-41-42-43-44-45-47-49-51-53-59(63)60-57(58(62)52-50-48-46-13-11-9-7-2)56-67-68(64,65)66-55-54-61(3,4)5/h11,13,16-17,19-20,50,52,57-58,62H,6-10,12,14-15,18,21-49,51,53-56H2,1-5H3,(H-,60,63,64,65)/p+1/b13-11+,17-16-,20-19-,52-50+. The van der Waals surface area contributed by atoms with E-state index in [1.807, 2.05) is 27.2 Å². The van der Waals surface area contributed by atoms with Crippen molar-refractivity contribution in [1.29, 1.82) is 0 Å². The molecule has 8 nitrogen and oxygen atoms in total. The van der Waals surface area contributed by atoms with E-state index < -0.39 is 20.0 Å². The number of carbonyl (C=O) groups is 1. The monoisotopic (exact) mass is 978 g/mol. The molecule has 0 rings (SSSR count). The van der Waals surface area contributed by atoms with Gasteiger partial charge in [0.15, 0.2) is 0 Å². The van der Waals surface area contributed by atoms with Crippen molar-refractivity contribution in [2.75, 3.05) is 40.9 Å². The number of aliphatic hydroxyl groups excluding tert-OH is 1. The molecule has 0 aliphatic carbocycles.